The second kappa shape index (κ2) is 36.6. The summed E-state index contributed by atoms with van der Waals surface area (Å²) in [5, 5.41) is 55.3. The summed E-state index contributed by atoms with van der Waals surface area (Å²) in [6.45, 7) is 3.37. The Balaban J connectivity index is 0.768. The van der Waals surface area contributed by atoms with Crippen LogP contribution in [0.4, 0.5) is 5.69 Å². The van der Waals surface area contributed by atoms with Gasteiger partial charge in [0.15, 0.2) is 10.7 Å². The van der Waals surface area contributed by atoms with Crippen LogP contribution < -0.4 is 37.1 Å². The van der Waals surface area contributed by atoms with Crippen LogP contribution >= 0.6 is 12.2 Å². The first-order valence-electron chi connectivity index (χ1n) is 37.6. The van der Waals surface area contributed by atoms with Crippen molar-refractivity contribution < 1.29 is 87.4 Å². The highest BCUT2D eigenvalue weighted by Crippen LogP contribution is 2.57. The number of allylic oxidation sites excluding steroid dienone is 2. The highest BCUT2D eigenvalue weighted by molar-refractivity contribution is 7.80. The van der Waals surface area contributed by atoms with Crippen LogP contribution in [0.2, 0.25) is 0 Å². The number of carboxylic acids is 1. The van der Waals surface area contributed by atoms with Gasteiger partial charge in [-0.2, -0.15) is 0 Å². The molecule has 10 rings (SSSR count). The Morgan fingerprint density at radius 2 is 1.27 bits per heavy atom. The van der Waals surface area contributed by atoms with E-state index in [0.29, 0.717) is 105 Å². The Labute approximate surface area is 626 Å². The third-order valence-electron chi connectivity index (χ3n) is 21.2. The number of hydrogen-bond acceptors (Lipinski definition) is 18. The smallest absolute Gasteiger partial charge is 0.340 e. The maximum Gasteiger partial charge on any atom is 0.340 e. The van der Waals surface area contributed by atoms with Gasteiger partial charge in [-0.25, -0.2) is 4.79 Å². The second-order valence-corrected chi connectivity index (χ2v) is 29.2. The fraction of sp³-hybridized carbons (Fsp3) is 0.566. The number of carboxylic acid groups (broad SMARTS) is 1. The Kier molecular flexibility index (Phi) is 27.2. The molecular weight excluding hydrogens is 1400 g/mol. The van der Waals surface area contributed by atoms with E-state index in [1.165, 1.54) is 62.6 Å². The predicted octanol–water partition coefficient (Wildman–Crippen LogP) is 4.42. The molecule has 7 aliphatic rings. The number of likely N-dealkylation sites (tertiary alicyclic amines) is 1. The van der Waals surface area contributed by atoms with Gasteiger partial charge in [0.1, 0.15) is 65.3 Å². The minimum absolute atomic E-state index is 0.0734. The quantitative estimate of drug-likeness (QED) is 0.0436. The number of hydrogen-bond donors (Lipinski definition) is 10. The summed E-state index contributed by atoms with van der Waals surface area (Å²) in [5.74, 6) is -7.49. The number of nitrogens with two attached hydrogens (primary N) is 1. The molecule has 7 aliphatic heterocycles. The molecule has 11 N–H and O–H groups in total. The summed E-state index contributed by atoms with van der Waals surface area (Å²) < 4.78 is 12.3. The van der Waals surface area contributed by atoms with Gasteiger partial charge in [0, 0.05) is 93.2 Å². The number of phenols is 2. The van der Waals surface area contributed by atoms with E-state index in [2.05, 4.69) is 38.7 Å². The zero-order valence-corrected chi connectivity index (χ0v) is 61.6. The minimum atomic E-state index is -1.60. The number of aliphatic hydroxyl groups excluding tert-OH is 1. The number of rotatable bonds is 15. The summed E-state index contributed by atoms with van der Waals surface area (Å²) in [4.78, 5) is 175. The van der Waals surface area contributed by atoms with E-state index in [9.17, 15) is 78.0 Å². The molecule has 3 aromatic rings. The molecule has 0 saturated carbocycles. The molecule has 7 heterocycles. The van der Waals surface area contributed by atoms with Crippen LogP contribution in [0.3, 0.4) is 0 Å². The molecule has 10 amide bonds. The van der Waals surface area contributed by atoms with Crippen molar-refractivity contribution in [1.29, 1.82) is 0 Å². The summed E-state index contributed by atoms with van der Waals surface area (Å²) >= 11 is 5.70. The van der Waals surface area contributed by atoms with Gasteiger partial charge in [-0.15, -0.1) is 0 Å². The normalized spacial score (nSPS) is 23.7. The molecule has 3 aromatic carbocycles. The van der Waals surface area contributed by atoms with E-state index < -0.39 is 126 Å². The van der Waals surface area contributed by atoms with Crippen molar-refractivity contribution in [3.63, 3.8) is 0 Å². The molecule has 1 spiro atoms. The maximum atomic E-state index is 14.9. The number of primary amides is 1. The Morgan fingerprint density at radius 1 is 0.664 bits per heavy atom. The lowest BCUT2D eigenvalue weighted by Gasteiger charge is -2.36. The number of unbranched alkanes of at least 4 members (excludes halogenated alkanes) is 1. The van der Waals surface area contributed by atoms with E-state index in [0.717, 1.165) is 44.9 Å². The minimum Gasteiger partial charge on any atom is -0.508 e. The van der Waals surface area contributed by atoms with Crippen LogP contribution in [0.5, 0.6) is 23.0 Å². The number of thiocarbonyl (C=S) groups is 1. The van der Waals surface area contributed by atoms with E-state index >= 15 is 0 Å². The van der Waals surface area contributed by atoms with Crippen molar-refractivity contribution in [2.75, 3.05) is 64.2 Å². The van der Waals surface area contributed by atoms with Gasteiger partial charge in [-0.1, -0.05) is 37.8 Å². The molecule has 578 valence electrons. The number of anilines is 1. The van der Waals surface area contributed by atoms with Gasteiger partial charge < -0.3 is 91.6 Å². The lowest BCUT2D eigenvalue weighted by molar-refractivity contribution is -0.150. The highest BCUT2D eigenvalue weighted by Gasteiger charge is 2.54. The van der Waals surface area contributed by atoms with Gasteiger partial charge in [-0.05, 0) is 178 Å². The summed E-state index contributed by atoms with van der Waals surface area (Å²) in [5.41, 5.74) is 6.29. The number of benzene rings is 3. The van der Waals surface area contributed by atoms with Crippen LogP contribution in [-0.4, -0.2) is 233 Å². The molecule has 4 fully saturated rings. The lowest BCUT2D eigenvalue weighted by Crippen LogP contribution is -2.60. The van der Waals surface area contributed by atoms with Crippen LogP contribution in [0, 0.1) is 0 Å². The number of ether oxygens (including phenoxy) is 2. The van der Waals surface area contributed by atoms with Crippen molar-refractivity contribution in [1.82, 2.24) is 50.7 Å². The topological polar surface area (TPSA) is 410 Å². The average Bonchev–Trinajstić information content (AvgIpc) is 1.62. The first-order chi connectivity index (χ1) is 51.3. The number of nitrogens with one attached hydrogen (secondary N) is 5. The van der Waals surface area contributed by atoms with Gasteiger partial charge in [-0.3, -0.25) is 52.7 Å². The molecule has 0 unspecified atom stereocenters. The average molecular weight is 1500 g/mol. The molecule has 0 aromatic heterocycles. The van der Waals surface area contributed by atoms with E-state index in [4.69, 9.17) is 27.4 Å². The number of esters is 1. The monoisotopic (exact) mass is 1500 g/mol. The fourth-order valence-electron chi connectivity index (χ4n) is 15.6. The molecule has 4 saturated heterocycles. The molecule has 0 bridgehead atoms. The Hall–Kier alpha value is -9.91. The lowest BCUT2D eigenvalue weighted by atomic mass is 9.77. The van der Waals surface area contributed by atoms with E-state index in [1.807, 2.05) is 0 Å². The Bertz CT molecular complexity index is 3840. The third-order valence-corrected chi connectivity index (χ3v) is 21.4. The number of carbonyl (C=O) groups is 12. The molecule has 30 nitrogen and oxygen atoms in total. The number of aliphatic hydroxyl groups is 1. The van der Waals surface area contributed by atoms with Crippen LogP contribution in [0.15, 0.2) is 66.7 Å². The van der Waals surface area contributed by atoms with Gasteiger partial charge >= 0.3 is 11.9 Å². The van der Waals surface area contributed by atoms with Crippen molar-refractivity contribution in [3.05, 3.63) is 89.0 Å². The molecular formula is C76H100N12O18S. The van der Waals surface area contributed by atoms with Crippen molar-refractivity contribution in [2.24, 2.45) is 5.73 Å². The number of carbonyl (C=O) groups excluding carboxylic acids is 11. The number of aromatic hydroxyl groups is 2. The van der Waals surface area contributed by atoms with Gasteiger partial charge in [0.05, 0.1) is 24.8 Å². The SMILES string of the molecule is C[C@@H]1NC(=O)[C@H]([C@@H](C)O)NC(=O)[C@@H]2CCCN2C(=O)CN(C(=O)[C@@H]2CCCN2C(=O)CCCCNC(=S)Nc2ccc3c(c2)C2(OC3=O)c3ccc(O)cc3Oc3cc(O)ccc32)CCCCCC/C=C\CCCCCCN(CC(=O)N[C@@H](CCC(=O)O)C(N)=O)C(=O)[C@@H]2CCCN2C(=O)[C@@H]2CCCN2C1=O. The van der Waals surface area contributed by atoms with Crippen LogP contribution in [0.25, 0.3) is 0 Å². The van der Waals surface area contributed by atoms with Crippen molar-refractivity contribution in [2.45, 2.75) is 216 Å². The molecule has 0 aliphatic carbocycles. The van der Waals surface area contributed by atoms with Crippen LogP contribution in [0.1, 0.15) is 189 Å². The number of aliphatic carboxylic acids is 1. The largest absolute Gasteiger partial charge is 0.508 e. The number of nitrogens with zero attached hydrogens (tertiary/aromatic N) is 6. The molecule has 107 heavy (non-hydrogen) atoms. The van der Waals surface area contributed by atoms with Crippen LogP contribution in [-0.2, 0) is 63.1 Å². The highest BCUT2D eigenvalue weighted by atomic mass is 32.1. The summed E-state index contributed by atoms with van der Waals surface area (Å²) in [6.07, 6.45) is 13.5. The first kappa shape index (κ1) is 79.6. The van der Waals surface area contributed by atoms with Gasteiger partial charge in [0.2, 0.25) is 59.1 Å². The number of amides is 10. The predicted molar refractivity (Wildman–Crippen MR) is 393 cm³/mol. The zero-order chi connectivity index (χ0) is 76.6. The van der Waals surface area contributed by atoms with Crippen molar-refractivity contribution in [3.8, 4) is 23.0 Å². The third kappa shape index (κ3) is 19.3. The van der Waals surface area contributed by atoms with E-state index in [-0.39, 0.29) is 111 Å². The van der Waals surface area contributed by atoms with E-state index in [1.54, 1.807) is 35.2 Å². The number of phenolic OH excluding ortho intramolecular Hbond substituents is 2. The first-order valence-corrected chi connectivity index (χ1v) is 38.0. The molecule has 0 radical (unpaired) electrons. The zero-order valence-electron chi connectivity index (χ0n) is 60.8. The molecule has 31 heteroatoms. The molecule has 8 atom stereocenters. The fourth-order valence-corrected chi connectivity index (χ4v) is 15.9. The summed E-state index contributed by atoms with van der Waals surface area (Å²) in [6, 6.07) is 5.98. The second-order valence-electron chi connectivity index (χ2n) is 28.8. The van der Waals surface area contributed by atoms with Gasteiger partial charge in [0.25, 0.3) is 0 Å². The standard InChI is InChI=1S/C76H100N12O18S/c1-46-70(100)87-39-20-24-59(87)73(103)88-40-19-23-58(88)72(102)83(44-62(92)81-55(67(77)97)32-33-65(95)96)35-15-11-9-7-5-3-4-6-8-10-12-16-36-84(45-64(94)85-37-17-21-56(85)68(98)82-66(47(2)89)69(99)79-46)71(101)57-22-18-38-86(57)63(93)25-13-14-34-78-75(107)80-48-26-29-51-54(41-48)76(106-74(51)104)52-30-27-49(90)42-60(52)105-61-43-50(91)28-31-53(61)76/h3-4,26-31,41-43,46-47,55-59,66,89-91H,5-25,32-40,44-45H2,1-2H3,(H2,77,97)(H,79,99)(H,81,92)(H,82,98)(H,95,96)(H2,78,80,107)/b4-3-/t46-,47+,55-,56-,57-,58-,59-,66-/m0/s1. The number of fused-ring (bicyclic) bond motifs is 9. The summed E-state index contributed by atoms with van der Waals surface area (Å²) in [7, 11) is 0. The van der Waals surface area contributed by atoms with Crippen molar-refractivity contribution >= 4 is 94.0 Å². The Morgan fingerprint density at radius 3 is 1.92 bits per heavy atom. The maximum absolute atomic E-state index is 14.9.